The van der Waals surface area contributed by atoms with E-state index in [0.29, 0.717) is 0 Å². The third kappa shape index (κ3) is 2.96. The van der Waals surface area contributed by atoms with Crippen molar-refractivity contribution in [2.45, 2.75) is 17.3 Å². The van der Waals surface area contributed by atoms with Crippen LogP contribution < -0.4 is 4.40 Å². The first kappa shape index (κ1) is 19.3. The van der Waals surface area contributed by atoms with Crippen LogP contribution in [0.5, 0.6) is 0 Å². The summed E-state index contributed by atoms with van der Waals surface area (Å²) in [7, 11) is 0. The van der Waals surface area contributed by atoms with Crippen molar-refractivity contribution in [1.82, 2.24) is 19.7 Å². The molecule has 0 aliphatic heterocycles. The van der Waals surface area contributed by atoms with E-state index >= 15 is 0 Å². The van der Waals surface area contributed by atoms with Gasteiger partial charge in [0.25, 0.3) is 0 Å². The second-order valence-electron chi connectivity index (χ2n) is 9.11. The van der Waals surface area contributed by atoms with Crippen molar-refractivity contribution in [2.75, 3.05) is 0 Å². The zero-order chi connectivity index (χ0) is 21.9. The average Bonchev–Trinajstić information content (AvgIpc) is 3.37. The van der Waals surface area contributed by atoms with Crippen LogP contribution in [0.4, 0.5) is 0 Å². The molecule has 0 saturated heterocycles. The van der Waals surface area contributed by atoms with Gasteiger partial charge in [0.05, 0.1) is 0 Å². The molecule has 5 nitrogen and oxygen atoms in total. The predicted molar refractivity (Wildman–Crippen MR) is 132 cm³/mol. The van der Waals surface area contributed by atoms with Gasteiger partial charge >= 0.3 is 188 Å². The molecule has 0 bridgehead atoms. The van der Waals surface area contributed by atoms with Crippen LogP contribution in [0, 0.1) is 0 Å². The Bertz CT molecular complexity index is 1610. The number of nitrogens with zero attached hydrogens (tertiary/aromatic N) is 4. The first-order chi connectivity index (χ1) is 15.5. The zero-order valence-corrected chi connectivity index (χ0v) is 20.3. The summed E-state index contributed by atoms with van der Waals surface area (Å²) in [5, 5.41) is 10.4. The van der Waals surface area contributed by atoms with Gasteiger partial charge in [0.1, 0.15) is 0 Å². The number of fused-ring (bicyclic) bond motifs is 4. The summed E-state index contributed by atoms with van der Waals surface area (Å²) in [6.45, 7) is 0. The molecular formula is C26H22GeN4O. The van der Waals surface area contributed by atoms with E-state index in [1.807, 2.05) is 18.2 Å². The molecule has 0 radical (unpaired) electrons. The number of hydrogen-bond donors (Lipinski definition) is 0. The maximum absolute atomic E-state index is 6.51. The Hall–Kier alpha value is -3.45. The minimum atomic E-state index is -1.97. The number of imidazole rings is 1. The van der Waals surface area contributed by atoms with Gasteiger partial charge in [0, 0.05) is 0 Å². The van der Waals surface area contributed by atoms with Gasteiger partial charge in [-0.3, -0.25) is 0 Å². The normalized spacial score (nSPS) is 12.2. The molecule has 0 amide bonds. The van der Waals surface area contributed by atoms with Crippen molar-refractivity contribution < 1.29 is 4.42 Å². The van der Waals surface area contributed by atoms with E-state index in [9.17, 15) is 0 Å². The monoisotopic (exact) mass is 480 g/mol. The molecule has 0 spiro atoms. The van der Waals surface area contributed by atoms with Crippen LogP contribution in [0.2, 0.25) is 17.3 Å². The van der Waals surface area contributed by atoms with Crippen LogP contribution in [0.1, 0.15) is 0 Å². The summed E-state index contributed by atoms with van der Waals surface area (Å²) in [4.78, 5) is 4.95. The van der Waals surface area contributed by atoms with Gasteiger partial charge in [-0.2, -0.15) is 0 Å². The maximum atomic E-state index is 6.51. The fourth-order valence-corrected chi connectivity index (χ4v) is 6.71. The van der Waals surface area contributed by atoms with Crippen LogP contribution in [0.3, 0.4) is 0 Å². The third-order valence-corrected chi connectivity index (χ3v) is 10.3. The molecule has 32 heavy (non-hydrogen) atoms. The van der Waals surface area contributed by atoms with Crippen molar-refractivity contribution in [3.63, 3.8) is 0 Å². The number of rotatable bonds is 3. The Morgan fingerprint density at radius 1 is 0.812 bits per heavy atom. The molecule has 6 aromatic rings. The molecule has 3 heterocycles. The molecule has 0 aliphatic carbocycles. The topological polar surface area (TPSA) is 56.7 Å². The Morgan fingerprint density at radius 2 is 1.62 bits per heavy atom. The van der Waals surface area contributed by atoms with Gasteiger partial charge in [-0.1, -0.05) is 0 Å². The molecule has 3 aromatic carbocycles. The van der Waals surface area contributed by atoms with Gasteiger partial charge in [0.2, 0.25) is 0 Å². The summed E-state index contributed by atoms with van der Waals surface area (Å²) < 4.78 is 10.1. The van der Waals surface area contributed by atoms with E-state index in [1.165, 1.54) is 4.40 Å². The van der Waals surface area contributed by atoms with Gasteiger partial charge < -0.3 is 0 Å². The van der Waals surface area contributed by atoms with E-state index in [0.717, 1.165) is 50.0 Å². The van der Waals surface area contributed by atoms with E-state index in [-0.39, 0.29) is 0 Å². The van der Waals surface area contributed by atoms with Crippen molar-refractivity contribution in [1.29, 1.82) is 0 Å². The van der Waals surface area contributed by atoms with Gasteiger partial charge in [-0.25, -0.2) is 0 Å². The summed E-state index contributed by atoms with van der Waals surface area (Å²) in [5.74, 6) is 8.03. The molecule has 3 aromatic heterocycles. The SMILES string of the molecule is [CH3][Ge]([CH3])([CH3])[c]1ccc2c(c1)oc1c(-c3nc4cnncc4n3-c3ccccc3)cccc12. The van der Waals surface area contributed by atoms with Crippen LogP contribution in [0.25, 0.3) is 50.0 Å². The molecule has 6 rings (SSSR count). The molecule has 0 unspecified atom stereocenters. The van der Waals surface area contributed by atoms with E-state index in [1.54, 1.807) is 12.4 Å². The molecule has 156 valence electrons. The first-order valence-electron chi connectivity index (χ1n) is 10.7. The Balaban J connectivity index is 1.67. The van der Waals surface area contributed by atoms with E-state index in [2.05, 4.69) is 80.6 Å². The molecule has 0 fully saturated rings. The molecule has 0 atom stereocenters. The standard InChI is InChI=1S/C26H22GeN4O/c1-27(2,3)17-12-13-19-20-10-7-11-21(25(20)32-24(19)14-17)26-30-22-15-28-29-16-23(22)31(26)18-8-5-4-6-9-18/h4-16H,1-3H3. The van der Waals surface area contributed by atoms with Crippen LogP contribution in [-0.2, 0) is 0 Å². The summed E-state index contributed by atoms with van der Waals surface area (Å²) in [6, 6.07) is 23.2. The zero-order valence-electron chi connectivity index (χ0n) is 18.2. The van der Waals surface area contributed by atoms with Crippen molar-refractivity contribution in [3.05, 3.63) is 79.1 Å². The summed E-state index contributed by atoms with van der Waals surface area (Å²) in [5.41, 5.74) is 5.49. The van der Waals surface area contributed by atoms with Crippen molar-refractivity contribution >= 4 is 50.6 Å². The van der Waals surface area contributed by atoms with Crippen LogP contribution in [-0.4, -0.2) is 33.0 Å². The number of furan rings is 1. The van der Waals surface area contributed by atoms with Crippen LogP contribution in [0.15, 0.2) is 83.5 Å². The number of benzene rings is 3. The summed E-state index contributed by atoms with van der Waals surface area (Å²) >= 11 is -1.97. The van der Waals surface area contributed by atoms with Crippen LogP contribution >= 0.6 is 0 Å². The minimum absolute atomic E-state index is 0.801. The summed E-state index contributed by atoms with van der Waals surface area (Å²) in [6.07, 6.45) is 3.47. The fourth-order valence-electron chi connectivity index (χ4n) is 4.30. The number of para-hydroxylation sites is 2. The predicted octanol–water partition coefficient (Wildman–Crippen LogP) is 5.93. The molecular weight excluding hydrogens is 457 g/mol. The van der Waals surface area contributed by atoms with Crippen molar-refractivity contribution in [3.8, 4) is 17.1 Å². The Morgan fingerprint density at radius 3 is 2.44 bits per heavy atom. The second kappa shape index (κ2) is 7.03. The molecule has 6 heteroatoms. The third-order valence-electron chi connectivity index (χ3n) is 5.99. The quantitative estimate of drug-likeness (QED) is 0.296. The van der Waals surface area contributed by atoms with Gasteiger partial charge in [-0.05, 0) is 0 Å². The first-order valence-corrected chi connectivity index (χ1v) is 18.1. The Labute approximate surface area is 188 Å². The van der Waals surface area contributed by atoms with Gasteiger partial charge in [-0.15, -0.1) is 0 Å². The molecule has 0 saturated carbocycles. The number of hydrogen-bond acceptors (Lipinski definition) is 4. The van der Waals surface area contributed by atoms with E-state index < -0.39 is 13.3 Å². The molecule has 0 N–H and O–H groups in total. The fraction of sp³-hybridized carbons (Fsp3) is 0.115. The molecule has 0 aliphatic rings. The van der Waals surface area contributed by atoms with Gasteiger partial charge in [0.15, 0.2) is 0 Å². The average molecular weight is 479 g/mol. The Kier molecular flexibility index (Phi) is 4.23. The van der Waals surface area contributed by atoms with Crippen molar-refractivity contribution in [2.24, 2.45) is 0 Å². The van der Waals surface area contributed by atoms with E-state index in [4.69, 9.17) is 9.40 Å². The second-order valence-corrected chi connectivity index (χ2v) is 19.8. The number of aromatic nitrogens is 4.